The Labute approximate surface area is 57.2 Å². The predicted octanol–water partition coefficient (Wildman–Crippen LogP) is 0.114. The zero-order valence-electron chi connectivity index (χ0n) is 6.06. The third kappa shape index (κ3) is 1.95. The van der Waals surface area contributed by atoms with E-state index in [1.807, 2.05) is 0 Å². The van der Waals surface area contributed by atoms with Crippen molar-refractivity contribution in [2.45, 2.75) is 12.5 Å². The number of piperazine rings is 1. The summed E-state index contributed by atoms with van der Waals surface area (Å²) < 4.78 is 0. The lowest BCUT2D eigenvalue weighted by atomic mass is 10.2. The Morgan fingerprint density at radius 2 is 2.56 bits per heavy atom. The van der Waals surface area contributed by atoms with E-state index in [1.54, 1.807) is 0 Å². The minimum absolute atomic E-state index is 0.628. The van der Waals surface area contributed by atoms with Crippen LogP contribution in [0.15, 0.2) is 0 Å². The van der Waals surface area contributed by atoms with E-state index in [-0.39, 0.29) is 0 Å². The fraction of sp³-hybridized carbons (Fsp3) is 0.857. The van der Waals surface area contributed by atoms with Gasteiger partial charge in [0, 0.05) is 25.7 Å². The van der Waals surface area contributed by atoms with E-state index in [2.05, 4.69) is 24.2 Å². The van der Waals surface area contributed by atoms with Gasteiger partial charge in [0.15, 0.2) is 0 Å². The van der Waals surface area contributed by atoms with Crippen LogP contribution >= 0.6 is 0 Å². The van der Waals surface area contributed by atoms with Crippen molar-refractivity contribution in [3.63, 3.8) is 0 Å². The van der Waals surface area contributed by atoms with E-state index < -0.39 is 0 Å². The summed E-state index contributed by atoms with van der Waals surface area (Å²) in [6.45, 7) is 7.31. The first kappa shape index (κ1) is 7.03. The lowest BCUT2D eigenvalue weighted by Gasteiger charge is -2.29. The lowest BCUT2D eigenvalue weighted by molar-refractivity contribution is 0.239. The molecular weight excluding hydrogens is 112 g/mol. The van der Waals surface area contributed by atoms with Crippen LogP contribution < -0.4 is 5.32 Å². The number of rotatable bonds is 1. The molecule has 1 atom stereocenters. The monoisotopic (exact) mass is 127 g/mol. The fourth-order valence-corrected chi connectivity index (χ4v) is 1.18. The summed E-state index contributed by atoms with van der Waals surface area (Å²) in [4.78, 5) is 2.34. The zero-order chi connectivity index (χ0) is 6.69. The Balaban J connectivity index is 2.23. The second-order valence-corrected chi connectivity index (χ2v) is 2.70. The highest BCUT2D eigenvalue weighted by atomic mass is 15.2. The Hall–Kier alpha value is -0.0800. The lowest BCUT2D eigenvalue weighted by Crippen LogP contribution is -2.48. The summed E-state index contributed by atoms with van der Waals surface area (Å²) in [6, 6.07) is 0.628. The minimum Gasteiger partial charge on any atom is -0.311 e. The second kappa shape index (κ2) is 3.18. The topological polar surface area (TPSA) is 15.3 Å². The quantitative estimate of drug-likeness (QED) is 0.538. The molecule has 2 heteroatoms. The Kier molecular flexibility index (Phi) is 2.49. The summed E-state index contributed by atoms with van der Waals surface area (Å²) >= 11 is 0. The number of hydrogen-bond donors (Lipinski definition) is 1. The molecule has 0 aromatic rings. The van der Waals surface area contributed by atoms with Crippen LogP contribution in [-0.4, -0.2) is 37.6 Å². The first-order valence-corrected chi connectivity index (χ1v) is 3.54. The van der Waals surface area contributed by atoms with Gasteiger partial charge in [-0.2, -0.15) is 0 Å². The summed E-state index contributed by atoms with van der Waals surface area (Å²) in [7, 11) is 2.16. The van der Waals surface area contributed by atoms with E-state index in [4.69, 9.17) is 0 Å². The van der Waals surface area contributed by atoms with Gasteiger partial charge in [-0.05, 0) is 13.5 Å². The number of likely N-dealkylation sites (N-methyl/N-ethyl adjacent to an activating group) is 1. The van der Waals surface area contributed by atoms with Crippen LogP contribution in [-0.2, 0) is 0 Å². The molecule has 0 amide bonds. The van der Waals surface area contributed by atoms with Crippen LogP contribution in [0.4, 0.5) is 0 Å². The highest BCUT2D eigenvalue weighted by molar-refractivity contribution is 4.76. The van der Waals surface area contributed by atoms with Crippen molar-refractivity contribution in [1.82, 2.24) is 10.2 Å². The van der Waals surface area contributed by atoms with Crippen molar-refractivity contribution < 1.29 is 0 Å². The van der Waals surface area contributed by atoms with E-state index in [9.17, 15) is 0 Å². The van der Waals surface area contributed by atoms with Gasteiger partial charge in [-0.3, -0.25) is 0 Å². The molecule has 1 saturated heterocycles. The van der Waals surface area contributed by atoms with Gasteiger partial charge in [0.2, 0.25) is 0 Å². The molecule has 0 saturated carbocycles. The van der Waals surface area contributed by atoms with Crippen molar-refractivity contribution in [3.05, 3.63) is 6.92 Å². The molecule has 1 radical (unpaired) electrons. The summed E-state index contributed by atoms with van der Waals surface area (Å²) in [5, 5.41) is 3.40. The molecule has 1 N–H and O–H groups in total. The molecular formula is C7H15N2. The Bertz CT molecular complexity index is 83.0. The normalized spacial score (nSPS) is 30.7. The second-order valence-electron chi connectivity index (χ2n) is 2.70. The summed E-state index contributed by atoms with van der Waals surface area (Å²) in [6.07, 6.45) is 1.00. The molecule has 0 spiro atoms. The van der Waals surface area contributed by atoms with Crippen LogP contribution in [0.25, 0.3) is 0 Å². The molecule has 1 aliphatic rings. The van der Waals surface area contributed by atoms with Crippen molar-refractivity contribution >= 4 is 0 Å². The smallest absolute Gasteiger partial charge is 0.0195 e. The SMILES string of the molecule is [CH2]CC1CN(C)CCN1. The minimum atomic E-state index is 0.628. The molecule has 53 valence electrons. The van der Waals surface area contributed by atoms with Crippen molar-refractivity contribution in [1.29, 1.82) is 0 Å². The molecule has 1 rings (SSSR count). The summed E-state index contributed by atoms with van der Waals surface area (Å²) in [5.74, 6) is 0. The molecule has 2 nitrogen and oxygen atoms in total. The van der Waals surface area contributed by atoms with Gasteiger partial charge in [0.25, 0.3) is 0 Å². The first-order chi connectivity index (χ1) is 4.33. The van der Waals surface area contributed by atoms with Gasteiger partial charge < -0.3 is 10.2 Å². The fourth-order valence-electron chi connectivity index (χ4n) is 1.18. The molecule has 0 bridgehead atoms. The summed E-state index contributed by atoms with van der Waals surface area (Å²) in [5.41, 5.74) is 0. The molecule has 1 unspecified atom stereocenters. The number of nitrogens with zero attached hydrogens (tertiary/aromatic N) is 1. The number of hydrogen-bond acceptors (Lipinski definition) is 2. The standard InChI is InChI=1S/C7H15N2/c1-3-7-6-9(2)5-4-8-7/h7-8H,1,3-6H2,2H3. The average Bonchev–Trinajstić information content (AvgIpc) is 1.88. The molecule has 9 heavy (non-hydrogen) atoms. The third-order valence-corrected chi connectivity index (χ3v) is 1.81. The van der Waals surface area contributed by atoms with Gasteiger partial charge in [-0.1, -0.05) is 6.92 Å². The number of nitrogens with one attached hydrogen (secondary N) is 1. The largest absolute Gasteiger partial charge is 0.311 e. The van der Waals surface area contributed by atoms with Crippen molar-refractivity contribution in [2.75, 3.05) is 26.7 Å². The van der Waals surface area contributed by atoms with Crippen LogP contribution in [0.2, 0.25) is 0 Å². The van der Waals surface area contributed by atoms with Crippen LogP contribution in [0.5, 0.6) is 0 Å². The first-order valence-electron chi connectivity index (χ1n) is 3.54. The molecule has 1 aliphatic heterocycles. The van der Waals surface area contributed by atoms with Crippen LogP contribution in [0.3, 0.4) is 0 Å². The van der Waals surface area contributed by atoms with E-state index in [0.717, 1.165) is 19.5 Å². The van der Waals surface area contributed by atoms with Gasteiger partial charge in [-0.25, -0.2) is 0 Å². The average molecular weight is 127 g/mol. The van der Waals surface area contributed by atoms with E-state index in [0.29, 0.717) is 6.04 Å². The predicted molar refractivity (Wildman–Crippen MR) is 39.3 cm³/mol. The van der Waals surface area contributed by atoms with Crippen molar-refractivity contribution in [3.8, 4) is 0 Å². The highest BCUT2D eigenvalue weighted by Crippen LogP contribution is 1.97. The van der Waals surface area contributed by atoms with Gasteiger partial charge in [-0.15, -0.1) is 0 Å². The van der Waals surface area contributed by atoms with Gasteiger partial charge >= 0.3 is 0 Å². The zero-order valence-corrected chi connectivity index (χ0v) is 6.06. The molecule has 0 aromatic heterocycles. The third-order valence-electron chi connectivity index (χ3n) is 1.81. The van der Waals surface area contributed by atoms with Crippen LogP contribution in [0, 0.1) is 6.92 Å². The van der Waals surface area contributed by atoms with E-state index in [1.165, 1.54) is 6.54 Å². The van der Waals surface area contributed by atoms with E-state index >= 15 is 0 Å². The maximum Gasteiger partial charge on any atom is 0.0195 e. The van der Waals surface area contributed by atoms with Gasteiger partial charge in [0.1, 0.15) is 0 Å². The molecule has 1 heterocycles. The molecule has 0 aromatic carbocycles. The Morgan fingerprint density at radius 1 is 1.78 bits per heavy atom. The van der Waals surface area contributed by atoms with Crippen molar-refractivity contribution in [2.24, 2.45) is 0 Å². The molecule has 1 fully saturated rings. The highest BCUT2D eigenvalue weighted by Gasteiger charge is 2.13. The van der Waals surface area contributed by atoms with Crippen LogP contribution in [0.1, 0.15) is 6.42 Å². The molecule has 0 aliphatic carbocycles. The maximum atomic E-state index is 3.85. The maximum absolute atomic E-state index is 3.85. The Morgan fingerprint density at radius 3 is 3.00 bits per heavy atom. The van der Waals surface area contributed by atoms with Gasteiger partial charge in [0.05, 0.1) is 0 Å².